The van der Waals surface area contributed by atoms with E-state index in [0.717, 1.165) is 17.5 Å². The van der Waals surface area contributed by atoms with Crippen LogP contribution < -0.4 is 10.9 Å². The molecule has 0 aliphatic heterocycles. The standard InChI is InChI=1S/C24H31N5O2/c1-18-6-5-9-20(14-18)16-28-17-26-23-21(24(28)31)15-27-29(23)13-12-25-22(30)11-10-19-7-3-2-4-8-19/h5-6,9,14-15,17,19H,2-4,7-8,10-13,16H2,1H3,(H,25,30). The van der Waals surface area contributed by atoms with Crippen molar-refractivity contribution in [3.8, 4) is 0 Å². The molecule has 2 heterocycles. The molecule has 3 aromatic rings. The summed E-state index contributed by atoms with van der Waals surface area (Å²) in [6.45, 7) is 3.49. The highest BCUT2D eigenvalue weighted by Crippen LogP contribution is 2.27. The zero-order valence-corrected chi connectivity index (χ0v) is 18.2. The van der Waals surface area contributed by atoms with Crippen molar-refractivity contribution >= 4 is 16.9 Å². The molecule has 1 aliphatic carbocycles. The van der Waals surface area contributed by atoms with E-state index in [9.17, 15) is 9.59 Å². The number of fused-ring (bicyclic) bond motifs is 1. The Bertz CT molecular complexity index is 1090. The number of nitrogens with one attached hydrogen (secondary N) is 1. The number of carbonyl (C=O) groups is 1. The number of hydrogen-bond donors (Lipinski definition) is 1. The van der Waals surface area contributed by atoms with Crippen molar-refractivity contribution in [1.82, 2.24) is 24.6 Å². The van der Waals surface area contributed by atoms with Gasteiger partial charge in [0.05, 0.1) is 19.3 Å². The van der Waals surface area contributed by atoms with E-state index in [1.165, 1.54) is 32.1 Å². The Morgan fingerprint density at radius 1 is 1.23 bits per heavy atom. The molecule has 4 rings (SSSR count). The summed E-state index contributed by atoms with van der Waals surface area (Å²) in [5, 5.41) is 7.80. The van der Waals surface area contributed by atoms with Crippen LogP contribution in [-0.4, -0.2) is 31.8 Å². The van der Waals surface area contributed by atoms with Crippen molar-refractivity contribution in [2.45, 2.75) is 65.0 Å². The molecule has 1 aliphatic rings. The van der Waals surface area contributed by atoms with E-state index < -0.39 is 0 Å². The van der Waals surface area contributed by atoms with Gasteiger partial charge in [0.1, 0.15) is 11.7 Å². The van der Waals surface area contributed by atoms with Gasteiger partial charge in [0.15, 0.2) is 5.65 Å². The van der Waals surface area contributed by atoms with E-state index in [-0.39, 0.29) is 11.5 Å². The van der Waals surface area contributed by atoms with Crippen molar-refractivity contribution in [2.75, 3.05) is 6.54 Å². The average molecular weight is 422 g/mol. The van der Waals surface area contributed by atoms with E-state index in [2.05, 4.69) is 21.5 Å². The molecule has 0 radical (unpaired) electrons. The van der Waals surface area contributed by atoms with E-state index in [0.29, 0.717) is 43.0 Å². The van der Waals surface area contributed by atoms with Crippen LogP contribution in [0.5, 0.6) is 0 Å². The molecule has 2 aromatic heterocycles. The lowest BCUT2D eigenvalue weighted by Gasteiger charge is -2.20. The number of carbonyl (C=O) groups excluding carboxylic acids is 1. The summed E-state index contributed by atoms with van der Waals surface area (Å²) >= 11 is 0. The summed E-state index contributed by atoms with van der Waals surface area (Å²) in [6, 6.07) is 8.09. The zero-order chi connectivity index (χ0) is 21.6. The molecular weight excluding hydrogens is 390 g/mol. The summed E-state index contributed by atoms with van der Waals surface area (Å²) in [6.07, 6.45) is 11.2. The quantitative estimate of drug-likeness (QED) is 0.604. The van der Waals surface area contributed by atoms with Crippen LogP contribution in [0.2, 0.25) is 0 Å². The molecule has 1 N–H and O–H groups in total. The highest BCUT2D eigenvalue weighted by molar-refractivity contribution is 5.76. The molecule has 1 aromatic carbocycles. The SMILES string of the molecule is Cc1cccc(Cn2cnc3c(cnn3CCNC(=O)CCC3CCCCC3)c2=O)c1. The molecule has 0 spiro atoms. The Morgan fingerprint density at radius 3 is 2.87 bits per heavy atom. The van der Waals surface area contributed by atoms with E-state index >= 15 is 0 Å². The maximum atomic E-state index is 12.8. The minimum absolute atomic E-state index is 0.0931. The predicted molar refractivity (Wildman–Crippen MR) is 121 cm³/mol. The van der Waals surface area contributed by atoms with Crippen molar-refractivity contribution in [3.63, 3.8) is 0 Å². The third-order valence-electron chi connectivity index (χ3n) is 6.21. The van der Waals surface area contributed by atoms with Crippen molar-refractivity contribution in [1.29, 1.82) is 0 Å². The largest absolute Gasteiger partial charge is 0.354 e. The van der Waals surface area contributed by atoms with Crippen LogP contribution in [-0.2, 0) is 17.9 Å². The van der Waals surface area contributed by atoms with Crippen LogP contribution in [0.1, 0.15) is 56.1 Å². The van der Waals surface area contributed by atoms with Crippen LogP contribution in [0.4, 0.5) is 0 Å². The molecule has 1 fully saturated rings. The summed E-state index contributed by atoms with van der Waals surface area (Å²) < 4.78 is 3.30. The van der Waals surface area contributed by atoms with E-state index in [1.807, 2.05) is 25.1 Å². The van der Waals surface area contributed by atoms with Gasteiger partial charge in [0, 0.05) is 13.0 Å². The lowest BCUT2D eigenvalue weighted by molar-refractivity contribution is -0.121. The van der Waals surface area contributed by atoms with Gasteiger partial charge >= 0.3 is 0 Å². The molecular formula is C24H31N5O2. The third kappa shape index (κ3) is 5.40. The first-order valence-corrected chi connectivity index (χ1v) is 11.3. The second-order valence-electron chi connectivity index (χ2n) is 8.66. The minimum Gasteiger partial charge on any atom is -0.354 e. The highest BCUT2D eigenvalue weighted by atomic mass is 16.1. The maximum Gasteiger partial charge on any atom is 0.264 e. The second kappa shape index (κ2) is 9.90. The van der Waals surface area contributed by atoms with Crippen molar-refractivity contribution < 1.29 is 4.79 Å². The number of rotatable bonds is 8. The van der Waals surface area contributed by atoms with Gasteiger partial charge in [-0.1, -0.05) is 61.9 Å². The Kier molecular flexibility index (Phi) is 6.79. The monoisotopic (exact) mass is 421 g/mol. The fourth-order valence-corrected chi connectivity index (χ4v) is 4.48. The second-order valence-corrected chi connectivity index (χ2v) is 8.66. The molecule has 7 heteroatoms. The first kappa shape index (κ1) is 21.3. The molecule has 1 saturated carbocycles. The lowest BCUT2D eigenvalue weighted by Crippen LogP contribution is -2.28. The summed E-state index contributed by atoms with van der Waals surface area (Å²) in [7, 11) is 0. The van der Waals surface area contributed by atoms with E-state index in [1.54, 1.807) is 21.8 Å². The highest BCUT2D eigenvalue weighted by Gasteiger charge is 2.15. The van der Waals surface area contributed by atoms with E-state index in [4.69, 9.17) is 0 Å². The normalized spacial score (nSPS) is 14.7. The van der Waals surface area contributed by atoms with Crippen LogP contribution in [0.15, 0.2) is 41.6 Å². The molecule has 31 heavy (non-hydrogen) atoms. The predicted octanol–water partition coefficient (Wildman–Crippen LogP) is 3.43. The number of amides is 1. The van der Waals surface area contributed by atoms with Crippen LogP contribution in [0.25, 0.3) is 11.0 Å². The molecule has 1 amide bonds. The lowest BCUT2D eigenvalue weighted by atomic mass is 9.86. The number of aryl methyl sites for hydroxylation is 1. The Hall–Kier alpha value is -2.96. The number of benzene rings is 1. The van der Waals surface area contributed by atoms with Gasteiger partial charge in [0.2, 0.25) is 5.91 Å². The smallest absolute Gasteiger partial charge is 0.264 e. The van der Waals surface area contributed by atoms with Crippen molar-refractivity contribution in [3.05, 3.63) is 58.3 Å². The molecule has 0 bridgehead atoms. The van der Waals surface area contributed by atoms with Crippen LogP contribution >= 0.6 is 0 Å². The number of hydrogen-bond acceptors (Lipinski definition) is 4. The first-order chi connectivity index (χ1) is 15.1. The van der Waals surface area contributed by atoms with Crippen LogP contribution in [0.3, 0.4) is 0 Å². The molecule has 0 atom stereocenters. The maximum absolute atomic E-state index is 12.8. The Balaban J connectivity index is 1.33. The van der Waals surface area contributed by atoms with Gasteiger partial charge < -0.3 is 5.32 Å². The third-order valence-corrected chi connectivity index (χ3v) is 6.21. The molecule has 0 unspecified atom stereocenters. The van der Waals surface area contributed by atoms with Crippen molar-refractivity contribution in [2.24, 2.45) is 5.92 Å². The van der Waals surface area contributed by atoms with Gasteiger partial charge in [-0.05, 0) is 24.8 Å². The Labute approximate surface area is 182 Å². The topological polar surface area (TPSA) is 81.8 Å². The minimum atomic E-state index is -0.103. The van der Waals surface area contributed by atoms with Gasteiger partial charge in [-0.2, -0.15) is 5.10 Å². The summed E-state index contributed by atoms with van der Waals surface area (Å²) in [4.78, 5) is 29.5. The summed E-state index contributed by atoms with van der Waals surface area (Å²) in [5.74, 6) is 0.802. The molecule has 7 nitrogen and oxygen atoms in total. The average Bonchev–Trinajstić information content (AvgIpc) is 3.19. The summed E-state index contributed by atoms with van der Waals surface area (Å²) in [5.41, 5.74) is 2.68. The van der Waals surface area contributed by atoms with Gasteiger partial charge in [-0.15, -0.1) is 0 Å². The molecule has 164 valence electrons. The fraction of sp³-hybridized carbons (Fsp3) is 0.500. The number of aromatic nitrogens is 4. The first-order valence-electron chi connectivity index (χ1n) is 11.3. The molecule has 0 saturated heterocycles. The number of nitrogens with zero attached hydrogens (tertiary/aromatic N) is 4. The van der Waals surface area contributed by atoms with Gasteiger partial charge in [-0.3, -0.25) is 14.2 Å². The van der Waals surface area contributed by atoms with Crippen LogP contribution in [0, 0.1) is 12.8 Å². The van der Waals surface area contributed by atoms with Gasteiger partial charge in [-0.25, -0.2) is 9.67 Å². The zero-order valence-electron chi connectivity index (χ0n) is 18.2. The Morgan fingerprint density at radius 2 is 2.06 bits per heavy atom. The fourth-order valence-electron chi connectivity index (χ4n) is 4.48. The van der Waals surface area contributed by atoms with Gasteiger partial charge in [0.25, 0.3) is 5.56 Å².